The van der Waals surface area contributed by atoms with E-state index in [-0.39, 0.29) is 11.1 Å². The Bertz CT molecular complexity index is 805. The Labute approximate surface area is 160 Å². The lowest BCUT2D eigenvalue weighted by molar-refractivity contribution is -0.220. The van der Waals surface area contributed by atoms with E-state index in [0.717, 1.165) is 12.1 Å². The van der Waals surface area contributed by atoms with Gasteiger partial charge in [-0.25, -0.2) is 8.78 Å². The largest absolute Gasteiger partial charge is 0.348 e. The van der Waals surface area contributed by atoms with Crippen LogP contribution in [0, 0.1) is 11.6 Å². The van der Waals surface area contributed by atoms with Crippen molar-refractivity contribution < 1.29 is 27.8 Å². The van der Waals surface area contributed by atoms with Crippen molar-refractivity contribution in [2.45, 2.75) is 38.5 Å². The standard InChI is InChI=1S/C20H20F2N2O4/c1-11-12(2)28-20(24-18(26)14-8-4-6-10-16(14)22)19(27-11)23-17(25)13-7-3-5-9-15(13)21/h3-12,19-20H,1-2H3,(H,23,25)(H,24,26)/t11-,12-,19-,20-/m1/s1. The molecule has 3 rings (SSSR count). The first kappa shape index (κ1) is 19.9. The second-order valence-corrected chi connectivity index (χ2v) is 6.43. The summed E-state index contributed by atoms with van der Waals surface area (Å²) < 4.78 is 39.2. The van der Waals surface area contributed by atoms with Crippen LogP contribution >= 0.6 is 0 Å². The van der Waals surface area contributed by atoms with Gasteiger partial charge in [-0.05, 0) is 38.1 Å². The molecule has 0 saturated carbocycles. The van der Waals surface area contributed by atoms with Crippen molar-refractivity contribution in [3.8, 4) is 0 Å². The van der Waals surface area contributed by atoms with Crippen LogP contribution in [0.25, 0.3) is 0 Å². The van der Waals surface area contributed by atoms with E-state index in [1.807, 2.05) is 0 Å². The molecule has 2 amide bonds. The Morgan fingerprint density at radius 2 is 1.11 bits per heavy atom. The molecule has 0 aromatic heterocycles. The summed E-state index contributed by atoms with van der Waals surface area (Å²) in [5, 5.41) is 5.03. The first-order valence-corrected chi connectivity index (χ1v) is 8.78. The molecule has 0 spiro atoms. The predicted molar refractivity (Wildman–Crippen MR) is 96.4 cm³/mol. The van der Waals surface area contributed by atoms with Gasteiger partial charge >= 0.3 is 0 Å². The maximum Gasteiger partial charge on any atom is 0.256 e. The van der Waals surface area contributed by atoms with Gasteiger partial charge in [0, 0.05) is 0 Å². The number of benzene rings is 2. The minimum absolute atomic E-state index is 0.170. The number of hydrogen-bond donors (Lipinski definition) is 2. The molecule has 8 heteroatoms. The maximum atomic E-state index is 13.9. The van der Waals surface area contributed by atoms with Gasteiger partial charge in [-0.15, -0.1) is 0 Å². The highest BCUT2D eigenvalue weighted by atomic mass is 19.1. The average Bonchev–Trinajstić information content (AvgIpc) is 2.66. The van der Waals surface area contributed by atoms with Crippen LogP contribution in [-0.4, -0.2) is 36.5 Å². The molecule has 1 saturated heterocycles. The average molecular weight is 390 g/mol. The Hall–Kier alpha value is -2.84. The summed E-state index contributed by atoms with van der Waals surface area (Å²) in [4.78, 5) is 24.8. The smallest absolute Gasteiger partial charge is 0.256 e. The molecule has 1 heterocycles. The lowest BCUT2D eigenvalue weighted by atomic mass is 10.1. The van der Waals surface area contributed by atoms with Crippen molar-refractivity contribution in [2.24, 2.45) is 0 Å². The van der Waals surface area contributed by atoms with E-state index in [1.54, 1.807) is 13.8 Å². The van der Waals surface area contributed by atoms with Crippen LogP contribution in [0.4, 0.5) is 8.78 Å². The number of carbonyl (C=O) groups excluding carboxylic acids is 2. The van der Waals surface area contributed by atoms with E-state index < -0.39 is 48.1 Å². The molecule has 148 valence electrons. The van der Waals surface area contributed by atoms with Gasteiger partial charge < -0.3 is 20.1 Å². The summed E-state index contributed by atoms with van der Waals surface area (Å²) in [6.07, 6.45) is -2.97. The van der Waals surface area contributed by atoms with Crippen molar-refractivity contribution >= 4 is 11.8 Å². The van der Waals surface area contributed by atoms with Crippen LogP contribution in [-0.2, 0) is 9.47 Å². The number of ether oxygens (including phenoxy) is 2. The van der Waals surface area contributed by atoms with E-state index in [2.05, 4.69) is 10.6 Å². The van der Waals surface area contributed by atoms with Gasteiger partial charge in [0.25, 0.3) is 11.8 Å². The summed E-state index contributed by atoms with van der Waals surface area (Å²) in [6, 6.07) is 11.0. The zero-order valence-corrected chi connectivity index (χ0v) is 15.3. The molecule has 0 bridgehead atoms. The predicted octanol–water partition coefficient (Wildman–Crippen LogP) is 2.60. The van der Waals surface area contributed by atoms with Gasteiger partial charge in [0.15, 0.2) is 12.5 Å². The summed E-state index contributed by atoms with van der Waals surface area (Å²) in [7, 11) is 0. The van der Waals surface area contributed by atoms with Crippen molar-refractivity contribution in [1.29, 1.82) is 0 Å². The van der Waals surface area contributed by atoms with Gasteiger partial charge in [-0.2, -0.15) is 0 Å². The third-order valence-corrected chi connectivity index (χ3v) is 4.44. The fourth-order valence-corrected chi connectivity index (χ4v) is 2.75. The van der Waals surface area contributed by atoms with Crippen LogP contribution in [0.2, 0.25) is 0 Å². The van der Waals surface area contributed by atoms with Crippen LogP contribution in [0.3, 0.4) is 0 Å². The molecule has 6 nitrogen and oxygen atoms in total. The van der Waals surface area contributed by atoms with Crippen molar-refractivity contribution in [3.05, 3.63) is 71.3 Å². The van der Waals surface area contributed by atoms with E-state index in [1.165, 1.54) is 36.4 Å². The Morgan fingerprint density at radius 3 is 1.46 bits per heavy atom. The van der Waals surface area contributed by atoms with Crippen LogP contribution in [0.5, 0.6) is 0 Å². The number of amides is 2. The zero-order valence-electron chi connectivity index (χ0n) is 15.3. The summed E-state index contributed by atoms with van der Waals surface area (Å²) in [5.74, 6) is -2.83. The molecule has 1 fully saturated rings. The minimum atomic E-state index is -1.09. The highest BCUT2D eigenvalue weighted by Gasteiger charge is 2.37. The second-order valence-electron chi connectivity index (χ2n) is 6.43. The van der Waals surface area contributed by atoms with E-state index in [9.17, 15) is 18.4 Å². The monoisotopic (exact) mass is 390 g/mol. The van der Waals surface area contributed by atoms with Gasteiger partial charge in [-0.3, -0.25) is 9.59 Å². The topological polar surface area (TPSA) is 76.7 Å². The number of carbonyl (C=O) groups is 2. The maximum absolute atomic E-state index is 13.9. The fourth-order valence-electron chi connectivity index (χ4n) is 2.75. The molecule has 4 atom stereocenters. The summed E-state index contributed by atoms with van der Waals surface area (Å²) in [6.45, 7) is 3.48. The molecule has 2 aromatic rings. The highest BCUT2D eigenvalue weighted by Crippen LogP contribution is 2.19. The van der Waals surface area contributed by atoms with E-state index >= 15 is 0 Å². The highest BCUT2D eigenvalue weighted by molar-refractivity contribution is 5.95. The first-order chi connectivity index (χ1) is 13.4. The summed E-state index contributed by atoms with van der Waals surface area (Å²) in [5.41, 5.74) is -0.340. The summed E-state index contributed by atoms with van der Waals surface area (Å²) >= 11 is 0. The van der Waals surface area contributed by atoms with Gasteiger partial charge in [0.2, 0.25) is 0 Å². The van der Waals surface area contributed by atoms with Crippen molar-refractivity contribution in [1.82, 2.24) is 10.6 Å². The molecule has 28 heavy (non-hydrogen) atoms. The third kappa shape index (κ3) is 4.35. The Morgan fingerprint density at radius 1 is 0.750 bits per heavy atom. The lowest BCUT2D eigenvalue weighted by Gasteiger charge is -2.39. The molecular weight excluding hydrogens is 370 g/mol. The minimum Gasteiger partial charge on any atom is -0.348 e. The van der Waals surface area contributed by atoms with Crippen LogP contribution in [0.1, 0.15) is 34.6 Å². The molecule has 2 aromatic carbocycles. The zero-order chi connectivity index (χ0) is 20.3. The molecular formula is C20H20F2N2O4. The quantitative estimate of drug-likeness (QED) is 0.842. The second kappa shape index (κ2) is 8.45. The first-order valence-electron chi connectivity index (χ1n) is 8.78. The van der Waals surface area contributed by atoms with E-state index in [0.29, 0.717) is 0 Å². The van der Waals surface area contributed by atoms with Crippen LogP contribution < -0.4 is 10.6 Å². The lowest BCUT2D eigenvalue weighted by Crippen LogP contribution is -2.61. The SMILES string of the molecule is C[C@H]1O[C@@H](NC(=O)c2ccccc2F)[C@H](NC(=O)c2ccccc2F)O[C@@H]1C. The number of rotatable bonds is 4. The third-order valence-electron chi connectivity index (χ3n) is 4.44. The normalized spacial score (nSPS) is 24.4. The van der Waals surface area contributed by atoms with E-state index in [4.69, 9.17) is 9.47 Å². The van der Waals surface area contributed by atoms with Crippen molar-refractivity contribution in [3.63, 3.8) is 0 Å². The number of hydrogen-bond acceptors (Lipinski definition) is 4. The number of halogens is 2. The molecule has 0 unspecified atom stereocenters. The Kier molecular flexibility index (Phi) is 6.01. The Balaban J connectivity index is 1.77. The molecule has 0 radical (unpaired) electrons. The molecule has 1 aliphatic heterocycles. The molecule has 2 N–H and O–H groups in total. The van der Waals surface area contributed by atoms with Crippen molar-refractivity contribution in [2.75, 3.05) is 0 Å². The van der Waals surface area contributed by atoms with Gasteiger partial charge in [0.1, 0.15) is 11.6 Å². The molecule has 1 aliphatic rings. The number of nitrogens with one attached hydrogen (secondary N) is 2. The molecule has 0 aliphatic carbocycles. The van der Waals surface area contributed by atoms with Gasteiger partial charge in [-0.1, -0.05) is 24.3 Å². The van der Waals surface area contributed by atoms with Crippen LogP contribution in [0.15, 0.2) is 48.5 Å². The fraction of sp³-hybridized carbons (Fsp3) is 0.300. The van der Waals surface area contributed by atoms with Gasteiger partial charge in [0.05, 0.1) is 23.3 Å².